The Hall–Kier alpha value is -3.35. The summed E-state index contributed by atoms with van der Waals surface area (Å²) in [7, 11) is 0. The van der Waals surface area contributed by atoms with Crippen molar-refractivity contribution in [2.24, 2.45) is 0 Å². The maximum atomic E-state index is 12.1. The molecule has 0 unspecified atom stereocenters. The third-order valence-corrected chi connectivity index (χ3v) is 3.88. The van der Waals surface area contributed by atoms with E-state index in [4.69, 9.17) is 14.0 Å². The zero-order valence-electron chi connectivity index (χ0n) is 16.1. The molecule has 146 valence electrons. The number of rotatable bonds is 8. The highest BCUT2D eigenvalue weighted by Gasteiger charge is 2.11. The molecule has 3 rings (SSSR count). The molecule has 0 bridgehead atoms. The van der Waals surface area contributed by atoms with E-state index in [1.807, 2.05) is 32.9 Å². The number of benzene rings is 2. The molecule has 0 aliphatic heterocycles. The Kier molecular flexibility index (Phi) is 6.26. The quantitative estimate of drug-likeness (QED) is 0.627. The van der Waals surface area contributed by atoms with Crippen LogP contribution in [0.2, 0.25) is 0 Å². The first-order chi connectivity index (χ1) is 13.5. The minimum atomic E-state index is -0.244. The monoisotopic (exact) mass is 381 g/mol. The lowest BCUT2D eigenvalue weighted by Gasteiger charge is -2.09. The minimum absolute atomic E-state index is 0.0926. The van der Waals surface area contributed by atoms with E-state index in [1.165, 1.54) is 0 Å². The van der Waals surface area contributed by atoms with Crippen LogP contribution in [0, 0.1) is 0 Å². The summed E-state index contributed by atoms with van der Waals surface area (Å²) in [6, 6.07) is 14.3. The highest BCUT2D eigenvalue weighted by Crippen LogP contribution is 2.22. The van der Waals surface area contributed by atoms with Crippen molar-refractivity contribution in [3.8, 4) is 23.0 Å². The Labute approximate surface area is 163 Å². The van der Waals surface area contributed by atoms with E-state index in [1.54, 1.807) is 36.4 Å². The van der Waals surface area contributed by atoms with Crippen molar-refractivity contribution in [2.75, 3.05) is 18.5 Å². The van der Waals surface area contributed by atoms with E-state index >= 15 is 0 Å². The third kappa shape index (κ3) is 5.09. The molecule has 2 aromatic carbocycles. The van der Waals surface area contributed by atoms with Crippen molar-refractivity contribution in [3.63, 3.8) is 0 Å². The Morgan fingerprint density at radius 3 is 2.29 bits per heavy atom. The SMILES string of the molecule is CCOc1ccc(NC(=O)COc2ccc(-c3nc(C(C)C)no3)cc2)cc1. The molecule has 3 aromatic rings. The van der Waals surface area contributed by atoms with E-state index in [9.17, 15) is 4.79 Å². The van der Waals surface area contributed by atoms with Gasteiger partial charge >= 0.3 is 0 Å². The lowest BCUT2D eigenvalue weighted by atomic mass is 10.2. The predicted octanol–water partition coefficient (Wildman–Crippen LogP) is 4.28. The number of ether oxygens (including phenoxy) is 2. The highest BCUT2D eigenvalue weighted by atomic mass is 16.5. The van der Waals surface area contributed by atoms with Crippen LogP contribution in [-0.2, 0) is 4.79 Å². The van der Waals surface area contributed by atoms with E-state index in [0.29, 0.717) is 29.8 Å². The van der Waals surface area contributed by atoms with Gasteiger partial charge in [0.1, 0.15) is 11.5 Å². The van der Waals surface area contributed by atoms with Gasteiger partial charge in [0.2, 0.25) is 0 Å². The number of anilines is 1. The van der Waals surface area contributed by atoms with Crippen LogP contribution in [-0.4, -0.2) is 29.3 Å². The maximum absolute atomic E-state index is 12.1. The van der Waals surface area contributed by atoms with Crippen molar-refractivity contribution in [3.05, 3.63) is 54.4 Å². The summed E-state index contributed by atoms with van der Waals surface area (Å²) in [4.78, 5) is 16.4. The van der Waals surface area contributed by atoms with Crippen molar-refractivity contribution >= 4 is 11.6 Å². The van der Waals surface area contributed by atoms with Gasteiger partial charge in [0.15, 0.2) is 12.4 Å². The average Bonchev–Trinajstić information content (AvgIpc) is 3.19. The maximum Gasteiger partial charge on any atom is 0.262 e. The van der Waals surface area contributed by atoms with Crippen LogP contribution in [0.1, 0.15) is 32.5 Å². The van der Waals surface area contributed by atoms with Gasteiger partial charge in [0.25, 0.3) is 11.8 Å². The summed E-state index contributed by atoms with van der Waals surface area (Å²) in [5.74, 6) is 2.43. The predicted molar refractivity (Wildman–Crippen MR) is 106 cm³/mol. The minimum Gasteiger partial charge on any atom is -0.494 e. The van der Waals surface area contributed by atoms with Gasteiger partial charge in [-0.3, -0.25) is 4.79 Å². The molecule has 0 fully saturated rings. The van der Waals surface area contributed by atoms with Crippen LogP contribution in [0.4, 0.5) is 5.69 Å². The normalized spacial score (nSPS) is 10.7. The van der Waals surface area contributed by atoms with Crippen molar-refractivity contribution in [1.82, 2.24) is 10.1 Å². The Balaban J connectivity index is 1.51. The number of carbonyl (C=O) groups is 1. The average molecular weight is 381 g/mol. The first kappa shape index (κ1) is 19.4. The van der Waals surface area contributed by atoms with E-state index in [2.05, 4.69) is 15.5 Å². The van der Waals surface area contributed by atoms with E-state index in [0.717, 1.165) is 11.3 Å². The molecule has 1 amide bonds. The number of amides is 1. The largest absolute Gasteiger partial charge is 0.494 e. The van der Waals surface area contributed by atoms with Gasteiger partial charge in [-0.15, -0.1) is 0 Å². The summed E-state index contributed by atoms with van der Waals surface area (Å²) in [6.45, 7) is 6.44. The van der Waals surface area contributed by atoms with E-state index < -0.39 is 0 Å². The first-order valence-electron chi connectivity index (χ1n) is 9.14. The molecular weight excluding hydrogens is 358 g/mol. The molecule has 0 radical (unpaired) electrons. The van der Waals surface area contributed by atoms with Gasteiger partial charge in [-0.05, 0) is 55.5 Å². The number of carbonyl (C=O) groups excluding carboxylic acids is 1. The smallest absolute Gasteiger partial charge is 0.262 e. The van der Waals surface area contributed by atoms with Crippen LogP contribution in [0.3, 0.4) is 0 Å². The topological polar surface area (TPSA) is 86.5 Å². The van der Waals surface area contributed by atoms with Gasteiger partial charge in [0, 0.05) is 17.2 Å². The fraction of sp³-hybridized carbons (Fsp3) is 0.286. The second-order valence-electron chi connectivity index (χ2n) is 6.43. The lowest BCUT2D eigenvalue weighted by molar-refractivity contribution is -0.118. The van der Waals surface area contributed by atoms with Crippen LogP contribution in [0.5, 0.6) is 11.5 Å². The number of aromatic nitrogens is 2. The van der Waals surface area contributed by atoms with Crippen LogP contribution >= 0.6 is 0 Å². The molecule has 0 atom stereocenters. The molecule has 0 spiro atoms. The lowest BCUT2D eigenvalue weighted by Crippen LogP contribution is -2.20. The molecule has 1 aromatic heterocycles. The van der Waals surface area contributed by atoms with E-state index in [-0.39, 0.29) is 18.4 Å². The number of nitrogens with zero attached hydrogens (tertiary/aromatic N) is 2. The number of hydrogen-bond acceptors (Lipinski definition) is 6. The first-order valence-corrected chi connectivity index (χ1v) is 9.14. The number of nitrogens with one attached hydrogen (secondary N) is 1. The summed E-state index contributed by atoms with van der Waals surface area (Å²) in [6.07, 6.45) is 0. The standard InChI is InChI=1S/C21H23N3O4/c1-4-26-17-11-7-16(8-12-17)22-19(25)13-27-18-9-5-15(6-10-18)21-23-20(14(2)3)24-28-21/h5-12,14H,4,13H2,1-3H3,(H,22,25). The molecule has 1 heterocycles. The highest BCUT2D eigenvalue weighted by molar-refractivity contribution is 5.91. The fourth-order valence-electron chi connectivity index (χ4n) is 2.43. The Bertz CT molecular complexity index is 902. The zero-order valence-corrected chi connectivity index (χ0v) is 16.1. The molecule has 7 nitrogen and oxygen atoms in total. The second-order valence-corrected chi connectivity index (χ2v) is 6.43. The molecular formula is C21H23N3O4. The van der Waals surface area contributed by atoms with Crippen LogP contribution < -0.4 is 14.8 Å². The van der Waals surface area contributed by atoms with Gasteiger partial charge < -0.3 is 19.3 Å². The third-order valence-electron chi connectivity index (χ3n) is 3.88. The molecule has 0 saturated carbocycles. The van der Waals surface area contributed by atoms with Gasteiger partial charge in [-0.1, -0.05) is 19.0 Å². The molecule has 1 N–H and O–H groups in total. The molecule has 7 heteroatoms. The molecule has 28 heavy (non-hydrogen) atoms. The van der Waals surface area contributed by atoms with Gasteiger partial charge in [-0.25, -0.2) is 0 Å². The molecule has 0 aliphatic carbocycles. The summed E-state index contributed by atoms with van der Waals surface area (Å²) < 4.78 is 16.2. The van der Waals surface area contributed by atoms with Crippen LogP contribution in [0.25, 0.3) is 11.5 Å². The van der Waals surface area contributed by atoms with Crippen molar-refractivity contribution < 1.29 is 18.8 Å². The number of hydrogen-bond donors (Lipinski definition) is 1. The Morgan fingerprint density at radius 2 is 1.68 bits per heavy atom. The zero-order chi connectivity index (χ0) is 19.9. The molecule has 0 saturated heterocycles. The van der Waals surface area contributed by atoms with Gasteiger partial charge in [0.05, 0.1) is 6.61 Å². The van der Waals surface area contributed by atoms with Crippen molar-refractivity contribution in [1.29, 1.82) is 0 Å². The summed E-state index contributed by atoms with van der Waals surface area (Å²) in [5, 5.41) is 6.73. The fourth-order valence-corrected chi connectivity index (χ4v) is 2.43. The van der Waals surface area contributed by atoms with Gasteiger partial charge in [-0.2, -0.15) is 4.98 Å². The summed E-state index contributed by atoms with van der Waals surface area (Å²) >= 11 is 0. The summed E-state index contributed by atoms with van der Waals surface area (Å²) in [5.41, 5.74) is 1.48. The van der Waals surface area contributed by atoms with Crippen molar-refractivity contribution in [2.45, 2.75) is 26.7 Å². The Morgan fingerprint density at radius 1 is 1.04 bits per heavy atom. The molecule has 0 aliphatic rings. The van der Waals surface area contributed by atoms with Crippen LogP contribution in [0.15, 0.2) is 53.1 Å². The second kappa shape index (κ2) is 9.03.